The lowest BCUT2D eigenvalue weighted by atomic mass is 10.4. The lowest BCUT2D eigenvalue weighted by Gasteiger charge is -2.06. The SMILES string of the molecule is CC(C)O[PH](=O)OCCC(=O)NO. The predicted molar refractivity (Wildman–Crippen MR) is 45.7 cm³/mol. The summed E-state index contributed by atoms with van der Waals surface area (Å²) < 4.78 is 20.3. The first-order chi connectivity index (χ1) is 6.06. The zero-order valence-corrected chi connectivity index (χ0v) is 8.57. The van der Waals surface area contributed by atoms with Crippen LogP contribution in [0.2, 0.25) is 0 Å². The normalized spacial score (nSPS) is 12.9. The minimum absolute atomic E-state index is 0.0308. The standard InChI is InChI=1S/C6H14NO5P/c1-5(2)12-13(10)11-4-3-6(8)7-9/h5,9,13H,3-4H2,1-2H3,(H,7,8). The Bertz CT molecular complexity index is 184. The largest absolute Gasteiger partial charge is 0.319 e. The van der Waals surface area contributed by atoms with Gasteiger partial charge in [-0.15, -0.1) is 0 Å². The van der Waals surface area contributed by atoms with Crippen molar-refractivity contribution in [3.05, 3.63) is 0 Å². The van der Waals surface area contributed by atoms with Crippen LogP contribution in [0, 0.1) is 0 Å². The molecular weight excluding hydrogens is 197 g/mol. The lowest BCUT2D eigenvalue weighted by molar-refractivity contribution is -0.129. The van der Waals surface area contributed by atoms with Crippen LogP contribution in [-0.4, -0.2) is 23.8 Å². The molecule has 0 saturated heterocycles. The van der Waals surface area contributed by atoms with E-state index in [4.69, 9.17) is 9.73 Å². The van der Waals surface area contributed by atoms with Crippen LogP contribution in [-0.2, 0) is 18.4 Å². The molecule has 0 aliphatic rings. The van der Waals surface area contributed by atoms with Crippen molar-refractivity contribution in [3.8, 4) is 0 Å². The fourth-order valence-electron chi connectivity index (χ4n) is 0.509. The summed E-state index contributed by atoms with van der Waals surface area (Å²) in [7, 11) is -2.50. The van der Waals surface area contributed by atoms with E-state index in [9.17, 15) is 9.36 Å². The van der Waals surface area contributed by atoms with Crippen LogP contribution < -0.4 is 5.48 Å². The first-order valence-corrected chi connectivity index (χ1v) is 5.05. The highest BCUT2D eigenvalue weighted by Crippen LogP contribution is 2.25. The average Bonchev–Trinajstić information content (AvgIpc) is 2.02. The zero-order valence-electron chi connectivity index (χ0n) is 7.57. The second-order valence-corrected chi connectivity index (χ2v) is 3.57. The number of amides is 1. The molecule has 0 rings (SSSR count). The first kappa shape index (κ1) is 12.6. The van der Waals surface area contributed by atoms with Crippen LogP contribution in [0.4, 0.5) is 0 Å². The van der Waals surface area contributed by atoms with Crippen molar-refractivity contribution in [2.24, 2.45) is 0 Å². The fourth-order valence-corrected chi connectivity index (χ4v) is 1.23. The van der Waals surface area contributed by atoms with E-state index in [1.54, 1.807) is 13.8 Å². The van der Waals surface area contributed by atoms with Crippen molar-refractivity contribution >= 4 is 14.2 Å². The Hall–Kier alpha value is -0.420. The number of hydrogen-bond acceptors (Lipinski definition) is 5. The van der Waals surface area contributed by atoms with Gasteiger partial charge in [-0.2, -0.15) is 0 Å². The topological polar surface area (TPSA) is 84.9 Å². The van der Waals surface area contributed by atoms with Gasteiger partial charge in [-0.3, -0.25) is 14.6 Å². The summed E-state index contributed by atoms with van der Waals surface area (Å²) in [4.78, 5) is 10.4. The number of rotatable bonds is 6. The Balaban J connectivity index is 3.42. The summed E-state index contributed by atoms with van der Waals surface area (Å²) in [6, 6.07) is 0. The summed E-state index contributed by atoms with van der Waals surface area (Å²) >= 11 is 0. The minimum Gasteiger partial charge on any atom is -0.310 e. The molecule has 13 heavy (non-hydrogen) atoms. The fraction of sp³-hybridized carbons (Fsp3) is 0.833. The molecule has 0 spiro atoms. The number of hydroxylamine groups is 1. The summed E-state index contributed by atoms with van der Waals surface area (Å²) in [5, 5.41) is 8.09. The molecule has 6 nitrogen and oxygen atoms in total. The molecule has 0 aromatic rings. The van der Waals surface area contributed by atoms with Crippen LogP contribution >= 0.6 is 8.25 Å². The molecule has 0 aromatic carbocycles. The highest BCUT2D eigenvalue weighted by Gasteiger charge is 2.04. The highest BCUT2D eigenvalue weighted by atomic mass is 31.1. The second kappa shape index (κ2) is 7.03. The third-order valence-corrected chi connectivity index (χ3v) is 2.11. The number of nitrogens with one attached hydrogen (secondary N) is 1. The third-order valence-electron chi connectivity index (χ3n) is 1.01. The number of carbonyl (C=O) groups excluding carboxylic acids is 1. The monoisotopic (exact) mass is 211 g/mol. The second-order valence-electron chi connectivity index (χ2n) is 2.55. The molecule has 0 saturated carbocycles. The van der Waals surface area contributed by atoms with Gasteiger partial charge in [0.05, 0.1) is 19.1 Å². The van der Waals surface area contributed by atoms with Gasteiger partial charge in [0, 0.05) is 0 Å². The quantitative estimate of drug-likeness (QED) is 0.384. The van der Waals surface area contributed by atoms with Crippen molar-refractivity contribution in [1.29, 1.82) is 0 Å². The van der Waals surface area contributed by atoms with E-state index in [2.05, 4.69) is 4.52 Å². The molecule has 1 amide bonds. The van der Waals surface area contributed by atoms with Gasteiger partial charge in [-0.05, 0) is 13.8 Å². The molecule has 0 fully saturated rings. The van der Waals surface area contributed by atoms with Crippen molar-refractivity contribution in [1.82, 2.24) is 5.48 Å². The smallest absolute Gasteiger partial charge is 0.310 e. The van der Waals surface area contributed by atoms with Crippen molar-refractivity contribution < 1.29 is 23.6 Å². The molecule has 2 N–H and O–H groups in total. The zero-order chi connectivity index (χ0) is 10.3. The predicted octanol–water partition coefficient (Wildman–Crippen LogP) is 0.713. The van der Waals surface area contributed by atoms with Gasteiger partial charge in [0.15, 0.2) is 0 Å². The molecule has 0 bridgehead atoms. The van der Waals surface area contributed by atoms with Gasteiger partial charge in [0.25, 0.3) is 0 Å². The van der Waals surface area contributed by atoms with E-state index in [1.165, 1.54) is 5.48 Å². The summed E-state index contributed by atoms with van der Waals surface area (Å²) in [5.41, 5.74) is 1.43. The summed E-state index contributed by atoms with van der Waals surface area (Å²) in [6.45, 7) is 3.43. The van der Waals surface area contributed by atoms with E-state index < -0.39 is 14.2 Å². The number of carbonyl (C=O) groups is 1. The molecule has 1 unspecified atom stereocenters. The molecule has 0 aromatic heterocycles. The van der Waals surface area contributed by atoms with E-state index >= 15 is 0 Å². The van der Waals surface area contributed by atoms with Gasteiger partial charge in [-0.25, -0.2) is 5.48 Å². The van der Waals surface area contributed by atoms with Crippen LogP contribution in [0.3, 0.4) is 0 Å². The van der Waals surface area contributed by atoms with Gasteiger partial charge < -0.3 is 9.05 Å². The van der Waals surface area contributed by atoms with E-state index in [0.29, 0.717) is 0 Å². The van der Waals surface area contributed by atoms with Gasteiger partial charge >= 0.3 is 8.25 Å². The summed E-state index contributed by atoms with van der Waals surface area (Å²) in [5.74, 6) is -0.584. The Morgan fingerprint density at radius 3 is 2.69 bits per heavy atom. The molecule has 0 aliphatic carbocycles. The molecule has 78 valence electrons. The van der Waals surface area contributed by atoms with Crippen molar-refractivity contribution in [3.63, 3.8) is 0 Å². The molecule has 0 radical (unpaired) electrons. The lowest BCUT2D eigenvalue weighted by Crippen LogP contribution is -2.19. The Kier molecular flexibility index (Phi) is 6.80. The Morgan fingerprint density at radius 1 is 1.62 bits per heavy atom. The van der Waals surface area contributed by atoms with Crippen LogP contribution in [0.5, 0.6) is 0 Å². The Morgan fingerprint density at radius 2 is 2.23 bits per heavy atom. The molecular formula is C6H14NO5P. The number of hydrogen-bond donors (Lipinski definition) is 2. The molecule has 1 atom stereocenters. The molecule has 0 heterocycles. The first-order valence-electron chi connectivity index (χ1n) is 3.82. The Labute approximate surface area is 77.1 Å². The molecule has 0 aliphatic heterocycles. The van der Waals surface area contributed by atoms with Crippen molar-refractivity contribution in [2.75, 3.05) is 6.61 Å². The third kappa shape index (κ3) is 7.93. The van der Waals surface area contributed by atoms with E-state index in [1.807, 2.05) is 0 Å². The maximum atomic E-state index is 10.9. The maximum Gasteiger partial charge on any atom is 0.319 e. The van der Waals surface area contributed by atoms with Gasteiger partial charge in [0.2, 0.25) is 5.91 Å². The average molecular weight is 211 g/mol. The van der Waals surface area contributed by atoms with Crippen LogP contribution in [0.1, 0.15) is 20.3 Å². The molecule has 7 heteroatoms. The van der Waals surface area contributed by atoms with Gasteiger partial charge in [0.1, 0.15) is 0 Å². The van der Waals surface area contributed by atoms with Gasteiger partial charge in [-0.1, -0.05) is 0 Å². The highest BCUT2D eigenvalue weighted by molar-refractivity contribution is 7.33. The van der Waals surface area contributed by atoms with E-state index in [-0.39, 0.29) is 19.1 Å². The minimum atomic E-state index is -2.50. The van der Waals surface area contributed by atoms with Crippen LogP contribution in [0.25, 0.3) is 0 Å². The summed E-state index contributed by atoms with van der Waals surface area (Å²) in [6.07, 6.45) is -0.216. The van der Waals surface area contributed by atoms with Crippen molar-refractivity contribution in [2.45, 2.75) is 26.4 Å². The van der Waals surface area contributed by atoms with Crippen LogP contribution in [0.15, 0.2) is 0 Å². The maximum absolute atomic E-state index is 10.9. The van der Waals surface area contributed by atoms with E-state index in [0.717, 1.165) is 0 Å².